The Hall–Kier alpha value is -1.18. The maximum atomic E-state index is 12.2. The molecule has 2 aromatic carbocycles. The first kappa shape index (κ1) is 24.9. The van der Waals surface area contributed by atoms with Crippen LogP contribution < -0.4 is 0 Å². The van der Waals surface area contributed by atoms with E-state index in [1.165, 1.54) is 16.1 Å². The Kier molecular flexibility index (Phi) is 10.4. The molecule has 0 spiro atoms. The number of benzene rings is 2. The number of carboxylic acid groups (broad SMARTS) is 1. The van der Waals surface area contributed by atoms with Crippen molar-refractivity contribution in [3.05, 3.63) is 70.8 Å². The van der Waals surface area contributed by atoms with Crippen LogP contribution in [-0.2, 0) is 40.7 Å². The van der Waals surface area contributed by atoms with Crippen molar-refractivity contribution in [3.8, 4) is 0 Å². The molecule has 0 saturated carbocycles. The van der Waals surface area contributed by atoms with Gasteiger partial charge in [0.05, 0.1) is 12.7 Å². The Morgan fingerprint density at radius 2 is 1.54 bits per heavy atom. The molecule has 2 aromatic rings. The van der Waals surface area contributed by atoms with E-state index in [0.29, 0.717) is 5.56 Å². The third kappa shape index (κ3) is 8.45. The van der Waals surface area contributed by atoms with Crippen LogP contribution in [0.25, 0.3) is 0 Å². The number of unbranched alkanes of at least 4 members (excludes halogenated alkanes) is 1. The van der Waals surface area contributed by atoms with Crippen molar-refractivity contribution >= 4 is 45.5 Å². The van der Waals surface area contributed by atoms with Crippen LogP contribution in [0.3, 0.4) is 0 Å². The zero-order chi connectivity index (χ0) is 19.9. The Balaban J connectivity index is 0.00000392. The summed E-state index contributed by atoms with van der Waals surface area (Å²) >= 11 is 0. The molecule has 147 valence electrons. The smallest absolute Gasteiger partial charge is 0.307 e. The van der Waals surface area contributed by atoms with Crippen molar-refractivity contribution in [1.82, 2.24) is 4.31 Å². The van der Waals surface area contributed by atoms with Crippen molar-refractivity contribution in [3.63, 3.8) is 0 Å². The summed E-state index contributed by atoms with van der Waals surface area (Å²) in [6, 6.07) is 15.1. The fraction of sp³-hybridized carbons (Fsp3) is 0.381. The maximum Gasteiger partial charge on any atom is 0.307 e. The van der Waals surface area contributed by atoms with Gasteiger partial charge in [-0.25, -0.2) is 8.42 Å². The summed E-state index contributed by atoms with van der Waals surface area (Å²) in [6.07, 6.45) is 4.44. The molecule has 0 fully saturated rings. The van der Waals surface area contributed by atoms with Crippen LogP contribution in [0.1, 0.15) is 42.0 Å². The number of aliphatic carboxylic acids is 1. The van der Waals surface area contributed by atoms with E-state index in [0.717, 1.165) is 30.4 Å². The van der Waals surface area contributed by atoms with Gasteiger partial charge in [-0.3, -0.25) is 4.79 Å². The van der Waals surface area contributed by atoms with Gasteiger partial charge >= 0.3 is 5.97 Å². The fourth-order valence-corrected chi connectivity index (χ4v) is 3.67. The molecule has 5 nitrogen and oxygen atoms in total. The fourth-order valence-electron chi connectivity index (χ4n) is 2.90. The van der Waals surface area contributed by atoms with Crippen molar-refractivity contribution in [1.29, 1.82) is 0 Å². The van der Waals surface area contributed by atoms with Crippen LogP contribution in [-0.4, -0.2) is 59.6 Å². The van der Waals surface area contributed by atoms with Crippen molar-refractivity contribution in [2.45, 2.75) is 45.7 Å². The summed E-state index contributed by atoms with van der Waals surface area (Å²) in [5.41, 5.74) is 3.63. The predicted molar refractivity (Wildman–Crippen MR) is 113 cm³/mol. The van der Waals surface area contributed by atoms with Crippen molar-refractivity contribution in [2.24, 2.45) is 0 Å². The molecule has 28 heavy (non-hydrogen) atoms. The Morgan fingerprint density at radius 1 is 0.964 bits per heavy atom. The van der Waals surface area contributed by atoms with Gasteiger partial charge in [0.15, 0.2) is 0 Å². The first-order chi connectivity index (χ1) is 12.8. The molecule has 0 heterocycles. The van der Waals surface area contributed by atoms with Gasteiger partial charge in [-0.15, -0.1) is 0 Å². The number of carboxylic acids is 1. The van der Waals surface area contributed by atoms with Gasteiger partial charge in [0.25, 0.3) is 0 Å². The quantitative estimate of drug-likeness (QED) is 0.608. The normalized spacial score (nSPS) is 11.2. The molecule has 7 heteroatoms. The molecule has 1 N–H and O–H groups in total. The Morgan fingerprint density at radius 3 is 2.11 bits per heavy atom. The second-order valence-electron chi connectivity index (χ2n) is 6.84. The van der Waals surface area contributed by atoms with E-state index >= 15 is 0 Å². The first-order valence-corrected chi connectivity index (χ1v) is 11.0. The van der Waals surface area contributed by atoms with E-state index in [2.05, 4.69) is 19.1 Å². The van der Waals surface area contributed by atoms with Crippen LogP contribution in [0.5, 0.6) is 0 Å². The van der Waals surface area contributed by atoms with E-state index in [-0.39, 0.29) is 49.1 Å². The number of hydrogen-bond donors (Lipinski definition) is 1. The molecule has 0 aliphatic carbocycles. The molecule has 1 radical (unpaired) electrons. The minimum absolute atomic E-state index is 0. The number of aryl methyl sites for hydroxylation is 1. The van der Waals surface area contributed by atoms with Crippen LogP contribution >= 0.6 is 0 Å². The standard InChI is InChI=1S/C21H27NO4S.Na/c1-3-4-6-17-9-11-18(12-10-17)15-22(27(2,25)26)16-20-8-5-7-19(13-20)14-21(23)24;/h5,7-13H,3-4,6,14-16H2,1-2H3,(H,23,24);. The summed E-state index contributed by atoms with van der Waals surface area (Å²) in [4.78, 5) is 10.9. The molecular formula is C21H27NNaO4S. The van der Waals surface area contributed by atoms with Gasteiger partial charge < -0.3 is 5.11 Å². The third-order valence-corrected chi connectivity index (χ3v) is 5.57. The van der Waals surface area contributed by atoms with Gasteiger partial charge in [0, 0.05) is 42.6 Å². The van der Waals surface area contributed by atoms with Crippen molar-refractivity contribution in [2.75, 3.05) is 6.26 Å². The monoisotopic (exact) mass is 412 g/mol. The molecule has 0 bridgehead atoms. The Labute approximate surface area is 190 Å². The van der Waals surface area contributed by atoms with Crippen molar-refractivity contribution < 1.29 is 18.3 Å². The Bertz CT molecular complexity index is 866. The number of sulfonamides is 1. The third-order valence-electron chi connectivity index (χ3n) is 4.38. The van der Waals surface area contributed by atoms with Gasteiger partial charge in [-0.1, -0.05) is 61.9 Å². The van der Waals surface area contributed by atoms with E-state index in [1.54, 1.807) is 18.2 Å². The average molecular weight is 413 g/mol. The maximum absolute atomic E-state index is 12.2. The molecular weight excluding hydrogens is 385 g/mol. The topological polar surface area (TPSA) is 74.7 Å². The van der Waals surface area contributed by atoms with Gasteiger partial charge in [-0.05, 0) is 35.1 Å². The number of hydrogen-bond acceptors (Lipinski definition) is 3. The molecule has 0 aliphatic heterocycles. The molecule has 0 aromatic heterocycles. The summed E-state index contributed by atoms with van der Waals surface area (Å²) in [7, 11) is -3.40. The molecule has 0 unspecified atom stereocenters. The summed E-state index contributed by atoms with van der Waals surface area (Å²) in [6.45, 7) is 2.66. The minimum atomic E-state index is -3.40. The first-order valence-electron chi connectivity index (χ1n) is 9.10. The second kappa shape index (κ2) is 11.7. The molecule has 0 saturated heterocycles. The van der Waals surface area contributed by atoms with Crippen LogP contribution in [0.15, 0.2) is 48.5 Å². The van der Waals surface area contributed by atoms with E-state index < -0.39 is 16.0 Å². The predicted octanol–water partition coefficient (Wildman–Crippen LogP) is 3.24. The largest absolute Gasteiger partial charge is 0.481 e. The van der Waals surface area contributed by atoms with Crippen LogP contribution in [0.2, 0.25) is 0 Å². The summed E-state index contributed by atoms with van der Waals surface area (Å²) in [5, 5.41) is 8.93. The van der Waals surface area contributed by atoms with Gasteiger partial charge in [-0.2, -0.15) is 4.31 Å². The van der Waals surface area contributed by atoms with E-state index in [9.17, 15) is 13.2 Å². The number of nitrogens with zero attached hydrogens (tertiary/aromatic N) is 1. The van der Waals surface area contributed by atoms with Crippen LogP contribution in [0, 0.1) is 0 Å². The number of rotatable bonds is 10. The molecule has 2 rings (SSSR count). The zero-order valence-corrected chi connectivity index (χ0v) is 19.7. The second-order valence-corrected chi connectivity index (χ2v) is 8.82. The summed E-state index contributed by atoms with van der Waals surface area (Å²) in [5.74, 6) is -0.907. The summed E-state index contributed by atoms with van der Waals surface area (Å²) < 4.78 is 25.9. The van der Waals surface area contributed by atoms with Gasteiger partial charge in [0.2, 0.25) is 10.0 Å². The number of carbonyl (C=O) groups is 1. The molecule has 0 aliphatic rings. The minimum Gasteiger partial charge on any atom is -0.481 e. The molecule has 0 amide bonds. The zero-order valence-electron chi connectivity index (χ0n) is 16.9. The SMILES string of the molecule is CCCCc1ccc(CN(Cc2cccc(CC(=O)O)c2)S(C)(=O)=O)cc1.[Na]. The van der Waals surface area contributed by atoms with E-state index in [4.69, 9.17) is 5.11 Å². The van der Waals surface area contributed by atoms with Crippen LogP contribution in [0.4, 0.5) is 0 Å². The van der Waals surface area contributed by atoms with E-state index in [1.807, 2.05) is 18.2 Å². The molecule has 0 atom stereocenters. The average Bonchev–Trinajstić information content (AvgIpc) is 2.59. The van der Waals surface area contributed by atoms with Gasteiger partial charge in [0.1, 0.15) is 0 Å².